The van der Waals surface area contributed by atoms with Crippen LogP contribution in [0.3, 0.4) is 0 Å². The number of rotatable bonds is 2. The number of phenols is 1. The van der Waals surface area contributed by atoms with Crippen LogP contribution in [0.5, 0.6) is 5.75 Å². The van der Waals surface area contributed by atoms with E-state index in [1.807, 2.05) is 30.3 Å². The summed E-state index contributed by atoms with van der Waals surface area (Å²) in [6.45, 7) is 0. The SMILES string of the molecule is Nc1c(O)cccc1Cc1ccccc1Br. The van der Waals surface area contributed by atoms with Crippen molar-refractivity contribution in [1.29, 1.82) is 0 Å². The van der Waals surface area contributed by atoms with Crippen molar-refractivity contribution in [3.05, 3.63) is 58.1 Å². The summed E-state index contributed by atoms with van der Waals surface area (Å²) in [5.74, 6) is 0.143. The van der Waals surface area contributed by atoms with Gasteiger partial charge in [0.25, 0.3) is 0 Å². The highest BCUT2D eigenvalue weighted by atomic mass is 79.9. The largest absolute Gasteiger partial charge is 0.506 e. The minimum absolute atomic E-state index is 0.143. The van der Waals surface area contributed by atoms with Crippen LogP contribution in [0.1, 0.15) is 11.1 Å². The smallest absolute Gasteiger partial charge is 0.138 e. The lowest BCUT2D eigenvalue weighted by Crippen LogP contribution is -1.96. The lowest BCUT2D eigenvalue weighted by molar-refractivity contribution is 0.477. The lowest BCUT2D eigenvalue weighted by atomic mass is 10.0. The van der Waals surface area contributed by atoms with E-state index in [4.69, 9.17) is 5.73 Å². The molecule has 2 rings (SSSR count). The van der Waals surface area contributed by atoms with Crippen molar-refractivity contribution in [2.24, 2.45) is 0 Å². The number of nitrogens with two attached hydrogens (primary N) is 1. The van der Waals surface area contributed by atoms with Gasteiger partial charge in [0.05, 0.1) is 5.69 Å². The van der Waals surface area contributed by atoms with Crippen LogP contribution in [0.15, 0.2) is 46.9 Å². The molecule has 2 aromatic carbocycles. The second kappa shape index (κ2) is 4.58. The zero-order chi connectivity index (χ0) is 11.5. The summed E-state index contributed by atoms with van der Waals surface area (Å²) < 4.78 is 1.05. The van der Waals surface area contributed by atoms with Crippen molar-refractivity contribution >= 4 is 21.6 Å². The number of para-hydroxylation sites is 1. The molecule has 0 saturated heterocycles. The maximum absolute atomic E-state index is 9.51. The Balaban J connectivity index is 2.35. The molecule has 0 heterocycles. The highest BCUT2D eigenvalue weighted by Gasteiger charge is 2.06. The van der Waals surface area contributed by atoms with E-state index >= 15 is 0 Å². The molecule has 0 aromatic heterocycles. The highest BCUT2D eigenvalue weighted by Crippen LogP contribution is 2.27. The van der Waals surface area contributed by atoms with E-state index in [0.29, 0.717) is 12.1 Å². The van der Waals surface area contributed by atoms with Gasteiger partial charge in [-0.3, -0.25) is 0 Å². The van der Waals surface area contributed by atoms with Gasteiger partial charge in [-0.2, -0.15) is 0 Å². The van der Waals surface area contributed by atoms with E-state index in [1.54, 1.807) is 12.1 Å². The van der Waals surface area contributed by atoms with Gasteiger partial charge < -0.3 is 10.8 Å². The van der Waals surface area contributed by atoms with Crippen LogP contribution in [0.2, 0.25) is 0 Å². The second-order valence-electron chi connectivity index (χ2n) is 3.62. The van der Waals surface area contributed by atoms with E-state index in [2.05, 4.69) is 15.9 Å². The number of phenolic OH excluding ortho intramolecular Hbond substituents is 1. The first-order valence-corrected chi connectivity index (χ1v) is 5.77. The highest BCUT2D eigenvalue weighted by molar-refractivity contribution is 9.10. The minimum Gasteiger partial charge on any atom is -0.506 e. The Labute approximate surface area is 103 Å². The Kier molecular flexibility index (Phi) is 3.15. The fourth-order valence-corrected chi connectivity index (χ4v) is 2.03. The Bertz CT molecular complexity index is 511. The molecular formula is C13H12BrNO. The zero-order valence-corrected chi connectivity index (χ0v) is 10.2. The standard InChI is InChI=1S/C13H12BrNO/c14-11-6-2-1-4-9(11)8-10-5-3-7-12(16)13(10)15/h1-7,16H,8,15H2. The average Bonchev–Trinajstić information content (AvgIpc) is 2.28. The molecule has 0 saturated carbocycles. The first-order chi connectivity index (χ1) is 7.68. The number of hydrogen-bond acceptors (Lipinski definition) is 2. The Hall–Kier alpha value is -1.48. The van der Waals surface area contributed by atoms with Crippen molar-refractivity contribution in [2.45, 2.75) is 6.42 Å². The second-order valence-corrected chi connectivity index (χ2v) is 4.47. The van der Waals surface area contributed by atoms with Crippen LogP contribution in [0.25, 0.3) is 0 Å². The molecule has 3 heteroatoms. The van der Waals surface area contributed by atoms with E-state index in [0.717, 1.165) is 15.6 Å². The molecule has 0 atom stereocenters. The van der Waals surface area contributed by atoms with Crippen molar-refractivity contribution < 1.29 is 5.11 Å². The predicted molar refractivity (Wildman–Crippen MR) is 69.5 cm³/mol. The summed E-state index contributed by atoms with van der Waals surface area (Å²) in [6.07, 6.45) is 0.710. The Morgan fingerprint density at radius 1 is 1.00 bits per heavy atom. The first kappa shape index (κ1) is 11.0. The number of anilines is 1. The Morgan fingerprint density at radius 3 is 2.44 bits per heavy atom. The molecule has 82 valence electrons. The number of halogens is 1. The third-order valence-electron chi connectivity index (χ3n) is 2.51. The Morgan fingerprint density at radius 2 is 1.69 bits per heavy atom. The van der Waals surface area contributed by atoms with E-state index < -0.39 is 0 Å². The minimum atomic E-state index is 0.143. The van der Waals surface area contributed by atoms with Gasteiger partial charge in [0.2, 0.25) is 0 Å². The molecule has 2 aromatic rings. The zero-order valence-electron chi connectivity index (χ0n) is 8.65. The molecule has 16 heavy (non-hydrogen) atoms. The van der Waals surface area contributed by atoms with Crippen LogP contribution in [0, 0.1) is 0 Å². The van der Waals surface area contributed by atoms with E-state index in [1.165, 1.54) is 0 Å². The quantitative estimate of drug-likeness (QED) is 0.653. The van der Waals surface area contributed by atoms with Crippen molar-refractivity contribution in [3.63, 3.8) is 0 Å². The van der Waals surface area contributed by atoms with Crippen molar-refractivity contribution in [3.8, 4) is 5.75 Å². The van der Waals surface area contributed by atoms with E-state index in [-0.39, 0.29) is 5.75 Å². The van der Waals surface area contributed by atoms with Gasteiger partial charge in [0.1, 0.15) is 5.75 Å². The third kappa shape index (κ3) is 2.19. The van der Waals surface area contributed by atoms with Crippen LogP contribution in [0.4, 0.5) is 5.69 Å². The summed E-state index contributed by atoms with van der Waals surface area (Å²) in [5.41, 5.74) is 8.36. The maximum atomic E-state index is 9.51. The van der Waals surface area contributed by atoms with Crippen LogP contribution >= 0.6 is 15.9 Å². The summed E-state index contributed by atoms with van der Waals surface area (Å²) in [6, 6.07) is 13.3. The predicted octanol–water partition coefficient (Wildman–Crippen LogP) is 3.33. The van der Waals surface area contributed by atoms with Gasteiger partial charge in [-0.25, -0.2) is 0 Å². The monoisotopic (exact) mass is 277 g/mol. The molecule has 0 aliphatic rings. The molecule has 3 N–H and O–H groups in total. The lowest BCUT2D eigenvalue weighted by Gasteiger charge is -2.08. The molecule has 0 amide bonds. The summed E-state index contributed by atoms with van der Waals surface area (Å²) in [5, 5.41) is 9.51. The molecule has 0 aliphatic heterocycles. The van der Waals surface area contributed by atoms with Crippen LogP contribution in [-0.2, 0) is 6.42 Å². The fraction of sp³-hybridized carbons (Fsp3) is 0.0769. The van der Waals surface area contributed by atoms with Crippen molar-refractivity contribution in [2.75, 3.05) is 5.73 Å². The average molecular weight is 278 g/mol. The van der Waals surface area contributed by atoms with Gasteiger partial charge in [0, 0.05) is 10.9 Å². The molecule has 0 radical (unpaired) electrons. The number of nitrogen functional groups attached to an aromatic ring is 1. The molecule has 0 bridgehead atoms. The van der Waals surface area contributed by atoms with Crippen LogP contribution < -0.4 is 5.73 Å². The first-order valence-electron chi connectivity index (χ1n) is 4.98. The topological polar surface area (TPSA) is 46.2 Å². The number of aromatic hydroxyl groups is 1. The molecular weight excluding hydrogens is 266 g/mol. The molecule has 2 nitrogen and oxygen atoms in total. The van der Waals surface area contributed by atoms with Gasteiger partial charge in [0.15, 0.2) is 0 Å². The maximum Gasteiger partial charge on any atom is 0.138 e. The normalized spacial score (nSPS) is 10.3. The molecule has 0 aliphatic carbocycles. The number of hydrogen-bond donors (Lipinski definition) is 2. The number of benzene rings is 2. The van der Waals surface area contributed by atoms with Crippen molar-refractivity contribution in [1.82, 2.24) is 0 Å². The van der Waals surface area contributed by atoms with Gasteiger partial charge in [-0.15, -0.1) is 0 Å². The third-order valence-corrected chi connectivity index (χ3v) is 3.29. The summed E-state index contributed by atoms with van der Waals surface area (Å²) >= 11 is 3.49. The molecule has 0 spiro atoms. The summed E-state index contributed by atoms with van der Waals surface area (Å²) in [4.78, 5) is 0. The van der Waals surface area contributed by atoms with Gasteiger partial charge in [-0.05, 0) is 23.3 Å². The molecule has 0 unspecified atom stereocenters. The van der Waals surface area contributed by atoms with Gasteiger partial charge in [-0.1, -0.05) is 46.3 Å². The van der Waals surface area contributed by atoms with E-state index in [9.17, 15) is 5.11 Å². The van der Waals surface area contributed by atoms with Crippen LogP contribution in [-0.4, -0.2) is 5.11 Å². The fourth-order valence-electron chi connectivity index (χ4n) is 1.60. The summed E-state index contributed by atoms with van der Waals surface area (Å²) in [7, 11) is 0. The molecule has 0 fully saturated rings. The van der Waals surface area contributed by atoms with Gasteiger partial charge >= 0.3 is 0 Å².